The zero-order chi connectivity index (χ0) is 12.4. The first-order valence-electron chi connectivity index (χ1n) is 5.95. The van der Waals surface area contributed by atoms with E-state index < -0.39 is 0 Å². The second kappa shape index (κ2) is 4.72. The molecule has 0 fully saturated rings. The number of para-hydroxylation sites is 1. The van der Waals surface area contributed by atoms with E-state index >= 15 is 0 Å². The van der Waals surface area contributed by atoms with Gasteiger partial charge in [-0.05, 0) is 26.6 Å². The lowest BCUT2D eigenvalue weighted by Crippen LogP contribution is -2.35. The first-order valence-corrected chi connectivity index (χ1v) is 5.95. The van der Waals surface area contributed by atoms with Crippen molar-refractivity contribution < 1.29 is 4.79 Å². The molecule has 3 nitrogen and oxygen atoms in total. The van der Waals surface area contributed by atoms with Crippen LogP contribution in [-0.4, -0.2) is 35.3 Å². The van der Waals surface area contributed by atoms with Gasteiger partial charge in [-0.25, -0.2) is 0 Å². The first kappa shape index (κ1) is 11.9. The second-order valence-electron chi connectivity index (χ2n) is 4.36. The Labute approximate surface area is 101 Å². The monoisotopic (exact) mass is 230 g/mol. The highest BCUT2D eigenvalue weighted by molar-refractivity contribution is 6.10. The molecule has 0 bridgehead atoms. The number of nitrogens with one attached hydrogen (secondary N) is 1. The minimum absolute atomic E-state index is 0.0841. The molecule has 0 aliphatic heterocycles. The standard InChI is InChI=1S/C14H18N2O/c1-4-16(3)10(2)14(17)12-9-15-13-8-6-5-7-11(12)13/h5-10,15H,4H2,1-3H3/t10-/m1/s1. The van der Waals surface area contributed by atoms with Gasteiger partial charge >= 0.3 is 0 Å². The molecule has 0 amide bonds. The molecule has 0 aliphatic carbocycles. The Morgan fingerprint density at radius 2 is 2.12 bits per heavy atom. The number of aromatic amines is 1. The Balaban J connectivity index is 2.37. The number of carbonyl (C=O) groups excluding carboxylic acids is 1. The number of H-pyrrole nitrogens is 1. The summed E-state index contributed by atoms with van der Waals surface area (Å²) in [5.74, 6) is 0.173. The van der Waals surface area contributed by atoms with Gasteiger partial charge in [0.25, 0.3) is 0 Å². The van der Waals surface area contributed by atoms with Crippen LogP contribution in [0.4, 0.5) is 0 Å². The topological polar surface area (TPSA) is 36.1 Å². The van der Waals surface area contributed by atoms with Gasteiger partial charge in [0, 0.05) is 22.7 Å². The Kier molecular flexibility index (Phi) is 3.29. The fourth-order valence-corrected chi connectivity index (χ4v) is 1.97. The van der Waals surface area contributed by atoms with E-state index in [4.69, 9.17) is 0 Å². The van der Waals surface area contributed by atoms with E-state index in [0.717, 1.165) is 23.0 Å². The Morgan fingerprint density at radius 3 is 2.82 bits per heavy atom. The van der Waals surface area contributed by atoms with E-state index in [-0.39, 0.29) is 11.8 Å². The van der Waals surface area contributed by atoms with Gasteiger partial charge < -0.3 is 4.98 Å². The quantitative estimate of drug-likeness (QED) is 0.820. The van der Waals surface area contributed by atoms with Crippen LogP contribution in [0.25, 0.3) is 10.9 Å². The van der Waals surface area contributed by atoms with Crippen molar-refractivity contribution in [1.29, 1.82) is 0 Å². The molecule has 3 heteroatoms. The third kappa shape index (κ3) is 2.11. The summed E-state index contributed by atoms with van der Waals surface area (Å²) in [4.78, 5) is 17.5. The maximum atomic E-state index is 12.4. The highest BCUT2D eigenvalue weighted by Crippen LogP contribution is 2.20. The van der Waals surface area contributed by atoms with Crippen molar-refractivity contribution in [2.45, 2.75) is 19.9 Å². The van der Waals surface area contributed by atoms with Crippen molar-refractivity contribution in [3.8, 4) is 0 Å². The summed E-state index contributed by atoms with van der Waals surface area (Å²) in [6, 6.07) is 7.81. The van der Waals surface area contributed by atoms with Gasteiger partial charge in [0.15, 0.2) is 5.78 Å². The van der Waals surface area contributed by atoms with Crippen molar-refractivity contribution in [3.63, 3.8) is 0 Å². The molecule has 1 aromatic carbocycles. The third-order valence-corrected chi connectivity index (χ3v) is 3.39. The number of Topliss-reactive ketones (excluding diaryl/α,β-unsaturated/α-hetero) is 1. The molecule has 0 radical (unpaired) electrons. The van der Waals surface area contributed by atoms with Crippen LogP contribution >= 0.6 is 0 Å². The number of nitrogens with zero attached hydrogens (tertiary/aromatic N) is 1. The van der Waals surface area contributed by atoms with E-state index in [0.29, 0.717) is 0 Å². The summed E-state index contributed by atoms with van der Waals surface area (Å²) in [5, 5.41) is 1.01. The van der Waals surface area contributed by atoms with Crippen LogP contribution in [0.5, 0.6) is 0 Å². The molecule has 17 heavy (non-hydrogen) atoms. The number of ketones is 1. The molecule has 2 rings (SSSR count). The predicted molar refractivity (Wildman–Crippen MR) is 70.4 cm³/mol. The van der Waals surface area contributed by atoms with Crippen molar-refractivity contribution >= 4 is 16.7 Å². The van der Waals surface area contributed by atoms with Gasteiger partial charge in [-0.2, -0.15) is 0 Å². The van der Waals surface area contributed by atoms with Crippen LogP contribution in [0.1, 0.15) is 24.2 Å². The summed E-state index contributed by atoms with van der Waals surface area (Å²) >= 11 is 0. The summed E-state index contributed by atoms with van der Waals surface area (Å²) in [7, 11) is 1.97. The van der Waals surface area contributed by atoms with E-state index in [1.807, 2.05) is 49.3 Å². The molecule has 2 aromatic rings. The number of likely N-dealkylation sites (N-methyl/N-ethyl adjacent to an activating group) is 1. The third-order valence-electron chi connectivity index (χ3n) is 3.39. The minimum Gasteiger partial charge on any atom is -0.360 e. The lowest BCUT2D eigenvalue weighted by atomic mass is 10.0. The second-order valence-corrected chi connectivity index (χ2v) is 4.36. The molecule has 0 unspecified atom stereocenters. The van der Waals surface area contributed by atoms with Gasteiger partial charge in [-0.1, -0.05) is 25.1 Å². The molecule has 0 saturated carbocycles. The van der Waals surface area contributed by atoms with E-state index in [1.54, 1.807) is 0 Å². The van der Waals surface area contributed by atoms with Gasteiger partial charge in [0.1, 0.15) is 0 Å². The van der Waals surface area contributed by atoms with Crippen molar-refractivity contribution in [3.05, 3.63) is 36.0 Å². The molecular formula is C14H18N2O. The Hall–Kier alpha value is -1.61. The van der Waals surface area contributed by atoms with Gasteiger partial charge in [0.2, 0.25) is 0 Å². The van der Waals surface area contributed by atoms with Crippen LogP contribution in [0.15, 0.2) is 30.5 Å². The maximum absolute atomic E-state index is 12.4. The summed E-state index contributed by atoms with van der Waals surface area (Å²) in [6.45, 7) is 4.88. The zero-order valence-corrected chi connectivity index (χ0v) is 10.5. The molecule has 1 aromatic heterocycles. The fourth-order valence-electron chi connectivity index (χ4n) is 1.97. The highest BCUT2D eigenvalue weighted by atomic mass is 16.1. The van der Waals surface area contributed by atoms with Crippen LogP contribution in [-0.2, 0) is 0 Å². The minimum atomic E-state index is -0.0841. The van der Waals surface area contributed by atoms with Crippen LogP contribution in [0.2, 0.25) is 0 Å². The van der Waals surface area contributed by atoms with Gasteiger partial charge in [-0.3, -0.25) is 9.69 Å². The van der Waals surface area contributed by atoms with E-state index in [9.17, 15) is 4.79 Å². The zero-order valence-electron chi connectivity index (χ0n) is 10.5. The largest absolute Gasteiger partial charge is 0.360 e. The molecule has 0 aliphatic rings. The van der Waals surface area contributed by atoms with Crippen LogP contribution in [0.3, 0.4) is 0 Å². The number of rotatable bonds is 4. The lowest BCUT2D eigenvalue weighted by Gasteiger charge is -2.21. The molecule has 0 saturated heterocycles. The van der Waals surface area contributed by atoms with Crippen molar-refractivity contribution in [2.24, 2.45) is 0 Å². The van der Waals surface area contributed by atoms with E-state index in [2.05, 4.69) is 11.9 Å². The van der Waals surface area contributed by atoms with Gasteiger partial charge in [-0.15, -0.1) is 0 Å². The average Bonchev–Trinajstić information content (AvgIpc) is 2.79. The Morgan fingerprint density at radius 1 is 1.41 bits per heavy atom. The fraction of sp³-hybridized carbons (Fsp3) is 0.357. The normalized spacial score (nSPS) is 13.2. The predicted octanol–water partition coefficient (Wildman–Crippen LogP) is 2.69. The SMILES string of the molecule is CCN(C)[C@H](C)C(=O)c1c[nH]c2ccccc12. The summed E-state index contributed by atoms with van der Waals surface area (Å²) in [6.07, 6.45) is 1.81. The number of benzene rings is 1. The number of hydrogen-bond donors (Lipinski definition) is 1. The van der Waals surface area contributed by atoms with Gasteiger partial charge in [0.05, 0.1) is 6.04 Å². The lowest BCUT2D eigenvalue weighted by molar-refractivity contribution is 0.0875. The number of fused-ring (bicyclic) bond motifs is 1. The maximum Gasteiger partial charge on any atom is 0.181 e. The van der Waals surface area contributed by atoms with Crippen molar-refractivity contribution in [2.75, 3.05) is 13.6 Å². The van der Waals surface area contributed by atoms with Crippen LogP contribution in [0, 0.1) is 0 Å². The van der Waals surface area contributed by atoms with E-state index in [1.165, 1.54) is 0 Å². The highest BCUT2D eigenvalue weighted by Gasteiger charge is 2.20. The number of hydrogen-bond acceptors (Lipinski definition) is 2. The molecule has 90 valence electrons. The van der Waals surface area contributed by atoms with Crippen LogP contribution < -0.4 is 0 Å². The van der Waals surface area contributed by atoms with Crippen molar-refractivity contribution in [1.82, 2.24) is 9.88 Å². The number of carbonyl (C=O) groups is 1. The summed E-state index contributed by atoms with van der Waals surface area (Å²) < 4.78 is 0. The number of aromatic nitrogens is 1. The summed E-state index contributed by atoms with van der Waals surface area (Å²) in [5.41, 5.74) is 1.80. The first-order chi connectivity index (χ1) is 8.15. The average molecular weight is 230 g/mol. The molecule has 1 atom stereocenters. The molecule has 1 heterocycles. The molecule has 0 spiro atoms. The Bertz CT molecular complexity index is 530. The molecule has 1 N–H and O–H groups in total. The molecular weight excluding hydrogens is 212 g/mol. The smallest absolute Gasteiger partial charge is 0.181 e.